The second kappa shape index (κ2) is 23.6. The molecule has 314 valence electrons. The molecule has 11 nitrogen and oxygen atoms in total. The molecule has 1 aliphatic rings. The van der Waals surface area contributed by atoms with Crippen LogP contribution in [0.3, 0.4) is 0 Å². The van der Waals surface area contributed by atoms with Crippen LogP contribution in [0.25, 0.3) is 0 Å². The Hall–Kier alpha value is -3.59. The van der Waals surface area contributed by atoms with E-state index in [0.717, 1.165) is 18.4 Å². The van der Waals surface area contributed by atoms with E-state index in [1.165, 1.54) is 0 Å². The number of Topliss-reactive ketones (excluding diaryl/α,β-unsaturated/α-hetero) is 2. The van der Waals surface area contributed by atoms with E-state index in [2.05, 4.69) is 25.1 Å². The topological polar surface area (TPSA) is 126 Å². The highest BCUT2D eigenvalue weighted by Crippen LogP contribution is 2.32. The Morgan fingerprint density at radius 1 is 0.911 bits per heavy atom. The van der Waals surface area contributed by atoms with Crippen LogP contribution in [0.5, 0.6) is 0 Å². The molecule has 0 aromatic heterocycles. The van der Waals surface area contributed by atoms with Crippen LogP contribution in [-0.2, 0) is 39.9 Å². The fourth-order valence-corrected chi connectivity index (χ4v) is 8.67. The molecule has 0 spiro atoms. The molecular weight excluding hydrogens is 709 g/mol. The Balaban J connectivity index is 2.30. The van der Waals surface area contributed by atoms with Crippen molar-refractivity contribution in [2.24, 2.45) is 35.5 Å². The van der Waals surface area contributed by atoms with Crippen molar-refractivity contribution in [3.63, 3.8) is 0 Å². The van der Waals surface area contributed by atoms with Gasteiger partial charge in [-0.2, -0.15) is 0 Å². The molecule has 1 fully saturated rings. The first-order valence-corrected chi connectivity index (χ1v) is 20.5. The smallest absolute Gasteiger partial charge is 0.226 e. The van der Waals surface area contributed by atoms with E-state index in [1.54, 1.807) is 26.2 Å². The average molecular weight is 781 g/mol. The fourth-order valence-electron chi connectivity index (χ4n) is 8.67. The number of methoxy groups -OCH3 is 2. The number of terminal acetylenes is 1. The lowest BCUT2D eigenvalue weighted by Gasteiger charge is -2.41. The molecule has 1 aromatic carbocycles. The third kappa shape index (κ3) is 13.2. The molecule has 0 aliphatic carbocycles. The summed E-state index contributed by atoms with van der Waals surface area (Å²) in [5.41, 5.74) is 0.942. The van der Waals surface area contributed by atoms with Crippen LogP contribution in [-0.4, -0.2) is 123 Å². The Morgan fingerprint density at radius 2 is 1.55 bits per heavy atom. The highest BCUT2D eigenvalue weighted by Gasteiger charge is 2.43. The predicted molar refractivity (Wildman–Crippen MR) is 221 cm³/mol. The second-order valence-electron chi connectivity index (χ2n) is 16.7. The number of rotatable bonds is 24. The zero-order valence-electron chi connectivity index (χ0n) is 36.4. The van der Waals surface area contributed by atoms with Gasteiger partial charge in [0, 0.05) is 58.4 Å². The monoisotopic (exact) mass is 781 g/mol. The van der Waals surface area contributed by atoms with Crippen LogP contribution in [0.1, 0.15) is 92.6 Å². The molecule has 2 rings (SSSR count). The largest absolute Gasteiger partial charge is 0.379 e. The van der Waals surface area contributed by atoms with Gasteiger partial charge < -0.3 is 24.6 Å². The first-order chi connectivity index (χ1) is 26.4. The Bertz CT molecular complexity index is 1450. The van der Waals surface area contributed by atoms with Crippen LogP contribution < -0.4 is 5.32 Å². The van der Waals surface area contributed by atoms with Gasteiger partial charge >= 0.3 is 0 Å². The van der Waals surface area contributed by atoms with Crippen LogP contribution in [0, 0.1) is 47.9 Å². The summed E-state index contributed by atoms with van der Waals surface area (Å²) in [5.74, 6) is 0.118. The molecule has 0 saturated carbocycles. The van der Waals surface area contributed by atoms with Crippen molar-refractivity contribution in [2.45, 2.75) is 124 Å². The van der Waals surface area contributed by atoms with Gasteiger partial charge in [-0.05, 0) is 56.7 Å². The standard InChI is InChI=1S/C45H72N4O7/c1-14-23-46-44(53)34(25-33-20-17-16-18-21-33)26-37(50)32(8)43(56-13)36-22-19-24-49(36)40(52)28-39(55-12)42(31(7)15-2)48(11)45(54)35(29(3)4)27-38(51)41(30(5)6)47(9)10/h1,16-18,20-21,29-32,34-36,39,41-43H,15,19,22-28H2,2-13H3,(H,46,53)/t31?,32-,34+,35-,36-,39?,41-,42-,43+/m0/s1. The summed E-state index contributed by atoms with van der Waals surface area (Å²) in [6.45, 7) is 14.5. The van der Waals surface area contributed by atoms with Gasteiger partial charge in [0.25, 0.3) is 0 Å². The minimum atomic E-state index is -0.614. The lowest BCUT2D eigenvalue weighted by Crippen LogP contribution is -2.54. The number of carbonyl (C=O) groups excluding carboxylic acids is 5. The molecule has 1 heterocycles. The van der Waals surface area contributed by atoms with Gasteiger partial charge in [-0.25, -0.2) is 0 Å². The van der Waals surface area contributed by atoms with Gasteiger partial charge in [-0.1, -0.05) is 91.1 Å². The summed E-state index contributed by atoms with van der Waals surface area (Å²) in [6.07, 6.45) is 6.93. The number of ether oxygens (including phenoxy) is 2. The summed E-state index contributed by atoms with van der Waals surface area (Å²) in [4.78, 5) is 74.7. The summed E-state index contributed by atoms with van der Waals surface area (Å²) in [6, 6.07) is 8.50. The molecule has 1 aliphatic heterocycles. The quantitative estimate of drug-likeness (QED) is 0.141. The van der Waals surface area contributed by atoms with Gasteiger partial charge in [0.2, 0.25) is 17.7 Å². The third-order valence-corrected chi connectivity index (χ3v) is 11.9. The molecule has 0 radical (unpaired) electrons. The van der Waals surface area contributed by atoms with Crippen LogP contribution in [0.4, 0.5) is 0 Å². The van der Waals surface area contributed by atoms with Crippen LogP contribution in [0.15, 0.2) is 30.3 Å². The van der Waals surface area contributed by atoms with E-state index >= 15 is 0 Å². The number of hydrogen-bond acceptors (Lipinski definition) is 8. The molecule has 1 aromatic rings. The first-order valence-electron chi connectivity index (χ1n) is 20.5. The fraction of sp³-hybridized carbons (Fsp3) is 0.711. The molecule has 1 N–H and O–H groups in total. The number of carbonyl (C=O) groups is 5. The predicted octanol–water partition coefficient (Wildman–Crippen LogP) is 5.29. The Morgan fingerprint density at radius 3 is 2.07 bits per heavy atom. The Kier molecular flexibility index (Phi) is 20.5. The van der Waals surface area contributed by atoms with Crippen molar-refractivity contribution in [2.75, 3.05) is 48.5 Å². The van der Waals surface area contributed by atoms with E-state index < -0.39 is 36.0 Å². The SMILES string of the molecule is C#CCNC(=O)[C@@H](CC(=O)[C@H](C)[C@@H](OC)[C@@H]1CCCN1C(=O)CC(OC)[C@H](C(C)CC)N(C)C(=O)[C@@H](CC(=O)[C@H](C(C)C)N(C)C)C(C)C)Cc1ccccc1. The molecule has 11 heteroatoms. The van der Waals surface area contributed by atoms with E-state index in [9.17, 15) is 24.0 Å². The maximum Gasteiger partial charge on any atom is 0.226 e. The van der Waals surface area contributed by atoms with Crippen molar-refractivity contribution >= 4 is 29.3 Å². The van der Waals surface area contributed by atoms with Gasteiger partial charge in [-0.3, -0.25) is 28.9 Å². The molecular formula is C45H72N4O7. The van der Waals surface area contributed by atoms with E-state index in [4.69, 9.17) is 15.9 Å². The van der Waals surface area contributed by atoms with Gasteiger partial charge in [0.1, 0.15) is 5.78 Å². The van der Waals surface area contributed by atoms with Crippen LogP contribution in [0.2, 0.25) is 0 Å². The number of likely N-dealkylation sites (tertiary alicyclic amines) is 1. The number of likely N-dealkylation sites (N-methyl/N-ethyl adjacent to an activating group) is 2. The summed E-state index contributed by atoms with van der Waals surface area (Å²) in [7, 11) is 8.69. The van der Waals surface area contributed by atoms with E-state index in [-0.39, 0.29) is 84.9 Å². The number of benzene rings is 1. The molecule has 3 amide bonds. The molecule has 9 atom stereocenters. The number of hydrogen-bond donors (Lipinski definition) is 1. The highest BCUT2D eigenvalue weighted by atomic mass is 16.5. The summed E-state index contributed by atoms with van der Waals surface area (Å²) >= 11 is 0. The number of ketones is 2. The van der Waals surface area contributed by atoms with E-state index in [1.807, 2.05) is 88.8 Å². The van der Waals surface area contributed by atoms with Gasteiger partial charge in [-0.15, -0.1) is 6.42 Å². The van der Waals surface area contributed by atoms with Crippen molar-refractivity contribution in [3.05, 3.63) is 35.9 Å². The van der Waals surface area contributed by atoms with Crippen LogP contribution >= 0.6 is 0 Å². The van der Waals surface area contributed by atoms with Crippen molar-refractivity contribution < 1.29 is 33.4 Å². The minimum Gasteiger partial charge on any atom is -0.379 e. The second-order valence-corrected chi connectivity index (χ2v) is 16.7. The third-order valence-electron chi connectivity index (χ3n) is 11.9. The zero-order chi connectivity index (χ0) is 42.3. The van der Waals surface area contributed by atoms with Crippen molar-refractivity contribution in [1.29, 1.82) is 0 Å². The Labute approximate surface area is 338 Å². The minimum absolute atomic E-state index is 0.00388. The van der Waals surface area contributed by atoms with Crippen molar-refractivity contribution in [3.8, 4) is 12.3 Å². The highest BCUT2D eigenvalue weighted by molar-refractivity contribution is 5.90. The number of nitrogens with zero attached hydrogens (tertiary/aromatic N) is 3. The summed E-state index contributed by atoms with van der Waals surface area (Å²) in [5, 5.41) is 2.74. The summed E-state index contributed by atoms with van der Waals surface area (Å²) < 4.78 is 12.1. The zero-order valence-corrected chi connectivity index (χ0v) is 36.4. The molecule has 56 heavy (non-hydrogen) atoms. The van der Waals surface area contributed by atoms with Gasteiger partial charge in [0.15, 0.2) is 5.78 Å². The van der Waals surface area contributed by atoms with Crippen molar-refractivity contribution in [1.82, 2.24) is 20.0 Å². The average Bonchev–Trinajstić information content (AvgIpc) is 3.64. The maximum absolute atomic E-state index is 14.3. The lowest BCUT2D eigenvalue weighted by molar-refractivity contribution is -0.149. The molecule has 0 bridgehead atoms. The number of amides is 3. The molecule has 1 saturated heterocycles. The lowest BCUT2D eigenvalue weighted by atomic mass is 9.83. The van der Waals surface area contributed by atoms with Gasteiger partial charge in [0.05, 0.1) is 43.3 Å². The normalized spacial score (nSPS) is 18.8. The maximum atomic E-state index is 14.3. The number of nitrogens with one attached hydrogen (secondary N) is 1. The first kappa shape index (κ1) is 48.6. The molecule has 2 unspecified atom stereocenters. The van der Waals surface area contributed by atoms with E-state index in [0.29, 0.717) is 19.4 Å².